The van der Waals surface area contributed by atoms with Crippen LogP contribution in [0.5, 0.6) is 0 Å². The molecule has 0 aliphatic heterocycles. The summed E-state index contributed by atoms with van der Waals surface area (Å²) in [6.45, 7) is 6.77. The summed E-state index contributed by atoms with van der Waals surface area (Å²) in [5.74, 6) is 0.746. The van der Waals surface area contributed by atoms with E-state index < -0.39 is 0 Å². The van der Waals surface area contributed by atoms with Crippen LogP contribution in [-0.4, -0.2) is 15.8 Å². The van der Waals surface area contributed by atoms with Crippen LogP contribution in [0.1, 0.15) is 71.9 Å². The Bertz CT molecular complexity index is 3550. The first-order chi connectivity index (χ1) is 33.9. The average Bonchev–Trinajstić information content (AvgIpc) is 3.41. The first kappa shape index (κ1) is 43.4. The summed E-state index contributed by atoms with van der Waals surface area (Å²) in [5.41, 5.74) is 28.0. The third-order valence-corrected chi connectivity index (χ3v) is 14.3. The number of nitrogens with two attached hydrogens (primary N) is 1. The Hall–Kier alpha value is -8.21. The molecule has 2 aliphatic rings. The quantitative estimate of drug-likeness (QED) is 0.110. The van der Waals surface area contributed by atoms with E-state index in [2.05, 4.69) is 215 Å². The second kappa shape index (κ2) is 18.8. The number of rotatable bonds is 10. The lowest BCUT2D eigenvalue weighted by Gasteiger charge is -2.25. The third-order valence-electron chi connectivity index (χ3n) is 14.3. The lowest BCUT2D eigenvalue weighted by molar-refractivity contribution is 0.819. The first-order valence-electron chi connectivity index (χ1n) is 24.1. The van der Waals surface area contributed by atoms with Gasteiger partial charge in [0.2, 0.25) is 0 Å². The highest BCUT2D eigenvalue weighted by Crippen LogP contribution is 2.46. The fourth-order valence-electron chi connectivity index (χ4n) is 10.5. The van der Waals surface area contributed by atoms with Crippen LogP contribution in [0, 0.1) is 12.8 Å². The summed E-state index contributed by atoms with van der Waals surface area (Å²) in [7, 11) is 0. The SMILES string of the molecule is CC1=C(c2cccc3cccnc23)C=CC(/C(N)=N/c2c(-c3cccc(-c4ccccc4)c3)cc(C3=CC=CC(c4ccccc4)C3)cc2C(C)c2ccc(-c3cccc4cccnc34)c(C)c2)C1. The number of para-hydroxylation sites is 2. The zero-order valence-corrected chi connectivity index (χ0v) is 39.3. The largest absolute Gasteiger partial charge is 0.387 e. The van der Waals surface area contributed by atoms with E-state index in [1.807, 2.05) is 24.5 Å². The highest BCUT2D eigenvalue weighted by Gasteiger charge is 2.25. The minimum Gasteiger partial charge on any atom is -0.387 e. The molecule has 69 heavy (non-hydrogen) atoms. The standard InChI is InChI=1S/C65H54N4/c1-42-36-49(30-32-56(42)58-28-12-20-47-26-14-34-67-62(47)58)44(3)60-40-55(52-24-10-22-50(38-52)45-16-6-4-7-17-45)41-61(53-25-11-23-51(39-53)46-18-8-5-9-19-46)64(60)69-65(66)54-31-33-57(43(2)37-54)59-29-13-21-48-27-15-35-68-63(48)59/h4-36,39-41,44,50,54H,37-38H2,1-3H3,(H2,66,69). The molecule has 3 unspecified atom stereocenters. The van der Waals surface area contributed by atoms with Crippen molar-refractivity contribution < 1.29 is 0 Å². The fraction of sp³-hybridized carbons (Fsp3) is 0.123. The molecule has 9 aromatic rings. The number of aryl methyl sites for hydroxylation is 1. The van der Waals surface area contributed by atoms with Gasteiger partial charge in [0.25, 0.3) is 0 Å². The van der Waals surface area contributed by atoms with Gasteiger partial charge in [-0.3, -0.25) is 9.97 Å². The Labute approximate surface area is 405 Å². The topological polar surface area (TPSA) is 64.2 Å². The van der Waals surface area contributed by atoms with E-state index in [1.165, 1.54) is 50.1 Å². The molecule has 0 amide bonds. The molecule has 0 fully saturated rings. The number of fused-ring (bicyclic) bond motifs is 2. The van der Waals surface area contributed by atoms with Gasteiger partial charge in [-0.15, -0.1) is 0 Å². The predicted octanol–water partition coefficient (Wildman–Crippen LogP) is 16.4. The van der Waals surface area contributed by atoms with Crippen LogP contribution in [0.3, 0.4) is 0 Å². The van der Waals surface area contributed by atoms with Crippen LogP contribution >= 0.6 is 0 Å². The van der Waals surface area contributed by atoms with E-state index >= 15 is 0 Å². The van der Waals surface area contributed by atoms with Crippen LogP contribution < -0.4 is 5.73 Å². The molecule has 0 bridgehead atoms. The van der Waals surface area contributed by atoms with Crippen molar-refractivity contribution in [2.24, 2.45) is 16.6 Å². The summed E-state index contributed by atoms with van der Waals surface area (Å²) < 4.78 is 0. The minimum atomic E-state index is -0.0864. The Morgan fingerprint density at radius 1 is 0.580 bits per heavy atom. The number of benzene rings is 7. The molecular formula is C65H54N4. The predicted molar refractivity (Wildman–Crippen MR) is 291 cm³/mol. The number of nitrogens with zero attached hydrogens (tertiary/aromatic N) is 3. The lowest BCUT2D eigenvalue weighted by Crippen LogP contribution is -2.24. The molecule has 7 aromatic carbocycles. The molecule has 0 saturated carbocycles. The highest BCUT2D eigenvalue weighted by molar-refractivity contribution is 5.98. The van der Waals surface area contributed by atoms with Crippen LogP contribution in [0.2, 0.25) is 0 Å². The molecule has 0 saturated heterocycles. The summed E-state index contributed by atoms with van der Waals surface area (Å²) in [6.07, 6.45) is 16.7. The maximum atomic E-state index is 7.35. The molecule has 3 atom stereocenters. The molecule has 2 N–H and O–H groups in total. The van der Waals surface area contributed by atoms with Gasteiger partial charge >= 0.3 is 0 Å². The molecular weight excluding hydrogens is 837 g/mol. The normalized spacial score (nSPS) is 16.5. The Morgan fingerprint density at radius 2 is 1.25 bits per heavy atom. The van der Waals surface area contributed by atoms with Gasteiger partial charge in [0, 0.05) is 57.6 Å². The average molecular weight is 891 g/mol. The number of hydrogen-bond acceptors (Lipinski definition) is 3. The summed E-state index contributed by atoms with van der Waals surface area (Å²) in [5, 5.41) is 2.26. The highest BCUT2D eigenvalue weighted by atomic mass is 14.9. The maximum Gasteiger partial charge on any atom is 0.107 e. The van der Waals surface area contributed by atoms with Gasteiger partial charge in [-0.25, -0.2) is 4.99 Å². The molecule has 2 aromatic heterocycles. The van der Waals surface area contributed by atoms with Crippen LogP contribution in [0.25, 0.3) is 66.3 Å². The van der Waals surface area contributed by atoms with Crippen LogP contribution in [0.4, 0.5) is 5.69 Å². The maximum absolute atomic E-state index is 7.35. The molecule has 2 heterocycles. The number of aliphatic imine (C=N–C) groups is 1. The van der Waals surface area contributed by atoms with Crippen molar-refractivity contribution >= 4 is 44.5 Å². The summed E-state index contributed by atoms with van der Waals surface area (Å²) in [4.78, 5) is 15.2. The zero-order chi connectivity index (χ0) is 46.8. The molecule has 4 nitrogen and oxygen atoms in total. The molecule has 0 spiro atoms. The fourth-order valence-corrected chi connectivity index (χ4v) is 10.5. The van der Waals surface area contributed by atoms with Crippen molar-refractivity contribution in [1.82, 2.24) is 9.97 Å². The summed E-state index contributed by atoms with van der Waals surface area (Å²) in [6, 6.07) is 63.2. The van der Waals surface area contributed by atoms with Crippen LogP contribution in [-0.2, 0) is 0 Å². The van der Waals surface area contributed by atoms with Gasteiger partial charge in [-0.1, -0.05) is 188 Å². The van der Waals surface area contributed by atoms with Crippen molar-refractivity contribution in [2.45, 2.75) is 45.4 Å². The monoisotopic (exact) mass is 890 g/mol. The van der Waals surface area contributed by atoms with Gasteiger partial charge in [0.1, 0.15) is 5.84 Å². The number of aromatic nitrogens is 2. The molecule has 4 heteroatoms. The molecule has 0 radical (unpaired) electrons. The lowest BCUT2D eigenvalue weighted by atomic mass is 9.81. The first-order valence-corrected chi connectivity index (χ1v) is 24.1. The molecule has 11 rings (SSSR count). The van der Waals surface area contributed by atoms with Gasteiger partial charge in [0.05, 0.1) is 16.7 Å². The Morgan fingerprint density at radius 3 is 1.99 bits per heavy atom. The Balaban J connectivity index is 1.07. The van der Waals surface area contributed by atoms with E-state index in [1.54, 1.807) is 0 Å². The second-order valence-corrected chi connectivity index (χ2v) is 18.7. The number of hydrogen-bond donors (Lipinski definition) is 1. The van der Waals surface area contributed by atoms with Crippen molar-refractivity contribution in [3.63, 3.8) is 0 Å². The Kier molecular flexibility index (Phi) is 11.8. The minimum absolute atomic E-state index is 0.0374. The third kappa shape index (κ3) is 8.67. The number of amidine groups is 1. The van der Waals surface area contributed by atoms with E-state index in [-0.39, 0.29) is 17.8 Å². The van der Waals surface area contributed by atoms with Crippen molar-refractivity contribution in [3.8, 4) is 33.4 Å². The number of allylic oxidation sites excluding steroid dienone is 7. The smallest absolute Gasteiger partial charge is 0.107 e. The van der Waals surface area contributed by atoms with Gasteiger partial charge in [-0.05, 0) is 118 Å². The van der Waals surface area contributed by atoms with Gasteiger partial charge < -0.3 is 5.73 Å². The van der Waals surface area contributed by atoms with Crippen molar-refractivity contribution in [2.75, 3.05) is 0 Å². The van der Waals surface area contributed by atoms with E-state index in [0.29, 0.717) is 5.84 Å². The van der Waals surface area contributed by atoms with Crippen molar-refractivity contribution in [1.29, 1.82) is 0 Å². The van der Waals surface area contributed by atoms with Gasteiger partial charge in [-0.2, -0.15) is 0 Å². The van der Waals surface area contributed by atoms with E-state index in [0.717, 1.165) is 73.7 Å². The van der Waals surface area contributed by atoms with E-state index in [4.69, 9.17) is 20.7 Å². The second-order valence-electron chi connectivity index (χ2n) is 18.7. The molecule has 334 valence electrons. The summed E-state index contributed by atoms with van der Waals surface area (Å²) >= 11 is 0. The van der Waals surface area contributed by atoms with E-state index in [9.17, 15) is 0 Å². The number of pyridine rings is 2. The van der Waals surface area contributed by atoms with Crippen molar-refractivity contribution in [3.05, 3.63) is 258 Å². The zero-order valence-electron chi connectivity index (χ0n) is 39.3. The van der Waals surface area contributed by atoms with Crippen LogP contribution in [0.15, 0.2) is 229 Å². The molecule has 2 aliphatic carbocycles. The van der Waals surface area contributed by atoms with Gasteiger partial charge in [0.15, 0.2) is 0 Å².